The summed E-state index contributed by atoms with van der Waals surface area (Å²) in [7, 11) is 6.19. The van der Waals surface area contributed by atoms with Gasteiger partial charge in [-0.2, -0.15) is 0 Å². The van der Waals surface area contributed by atoms with Crippen LogP contribution in [0.15, 0.2) is 22.3 Å². The fraction of sp³-hybridized carbons (Fsp3) is 0.600. The van der Waals surface area contributed by atoms with Gasteiger partial charge in [0, 0.05) is 0 Å². The van der Waals surface area contributed by atoms with E-state index >= 15 is 0 Å². The number of allylic oxidation sites excluding steroid dienone is 4. The van der Waals surface area contributed by atoms with Gasteiger partial charge in [-0.3, -0.25) is 0 Å². The molecule has 0 radical (unpaired) electrons. The van der Waals surface area contributed by atoms with Crippen LogP contribution in [0.5, 0.6) is 0 Å². The van der Waals surface area contributed by atoms with Crippen molar-refractivity contribution in [2.24, 2.45) is 0 Å². The molecule has 12 heavy (non-hydrogen) atoms. The van der Waals surface area contributed by atoms with E-state index in [1.54, 1.807) is 0 Å². The van der Waals surface area contributed by atoms with Crippen molar-refractivity contribution in [2.75, 3.05) is 0 Å². The van der Waals surface area contributed by atoms with E-state index in [-0.39, 0.29) is 0 Å². The third kappa shape index (κ3) is 1.20. The molecule has 0 bridgehead atoms. The van der Waals surface area contributed by atoms with Crippen LogP contribution in [0, 0.1) is 0 Å². The van der Waals surface area contributed by atoms with E-state index in [9.17, 15) is 0 Å². The van der Waals surface area contributed by atoms with Gasteiger partial charge in [-0.05, 0) is 0 Å². The van der Waals surface area contributed by atoms with Crippen molar-refractivity contribution in [2.45, 2.75) is 38.9 Å². The Balaban J connectivity index is 3.25. The van der Waals surface area contributed by atoms with E-state index in [0.29, 0.717) is 4.25 Å². The van der Waals surface area contributed by atoms with Gasteiger partial charge in [0.1, 0.15) is 0 Å². The fourth-order valence-electron chi connectivity index (χ4n) is 1.87. The molecular formula is C10H17ClGe. The Morgan fingerprint density at radius 2 is 1.33 bits per heavy atom. The monoisotopic (exact) mass is 246 g/mol. The molecule has 0 aromatic heterocycles. The summed E-state index contributed by atoms with van der Waals surface area (Å²) in [6.07, 6.45) is 0. The standard InChI is InChI=1S/C10H17ClGe/c1-6-7(2)9(4)10(5,12-11)8(6)3/h12H2,1-5H3. The zero-order valence-electron chi connectivity index (χ0n) is 8.59. The molecular weight excluding hydrogens is 228 g/mol. The topological polar surface area (TPSA) is 0 Å². The van der Waals surface area contributed by atoms with Crippen molar-refractivity contribution < 1.29 is 0 Å². The van der Waals surface area contributed by atoms with Gasteiger partial charge in [0.2, 0.25) is 0 Å². The number of hydrogen-bond donors (Lipinski definition) is 0. The molecule has 0 N–H and O–H groups in total. The molecule has 0 nitrogen and oxygen atoms in total. The molecule has 2 heteroatoms. The van der Waals surface area contributed by atoms with Crippen LogP contribution in [0.4, 0.5) is 0 Å². The summed E-state index contributed by atoms with van der Waals surface area (Å²) in [5, 5.41) is 0. The molecule has 0 heterocycles. The van der Waals surface area contributed by atoms with Gasteiger partial charge in [0.05, 0.1) is 0 Å². The molecule has 1 aliphatic carbocycles. The van der Waals surface area contributed by atoms with Gasteiger partial charge in [-0.1, -0.05) is 0 Å². The van der Waals surface area contributed by atoms with Gasteiger partial charge in [0.15, 0.2) is 0 Å². The molecule has 0 aromatic carbocycles. The average Bonchev–Trinajstić information content (AvgIpc) is 2.22. The first-order valence-electron chi connectivity index (χ1n) is 4.37. The van der Waals surface area contributed by atoms with E-state index < -0.39 is 14.5 Å². The zero-order valence-corrected chi connectivity index (χ0v) is 12.3. The van der Waals surface area contributed by atoms with Crippen molar-refractivity contribution in [3.05, 3.63) is 22.3 Å². The molecule has 0 fully saturated rings. The zero-order chi connectivity index (χ0) is 9.52. The number of rotatable bonds is 1. The second-order valence-corrected chi connectivity index (χ2v) is 8.88. The molecule has 0 atom stereocenters. The second-order valence-electron chi connectivity index (χ2n) is 3.97. The summed E-state index contributed by atoms with van der Waals surface area (Å²) in [6.45, 7) is 11.2. The van der Waals surface area contributed by atoms with Gasteiger partial charge >= 0.3 is 85.7 Å². The Labute approximate surface area is 85.7 Å². The van der Waals surface area contributed by atoms with Crippen molar-refractivity contribution in [1.82, 2.24) is 0 Å². The van der Waals surface area contributed by atoms with E-state index in [4.69, 9.17) is 10.0 Å². The minimum atomic E-state index is -0.929. The van der Waals surface area contributed by atoms with Crippen molar-refractivity contribution in [3.8, 4) is 0 Å². The summed E-state index contributed by atoms with van der Waals surface area (Å²) >= 11 is -0.929. The Morgan fingerprint density at radius 1 is 1.00 bits per heavy atom. The van der Waals surface area contributed by atoms with Crippen LogP contribution < -0.4 is 0 Å². The number of hydrogen-bond acceptors (Lipinski definition) is 0. The summed E-state index contributed by atoms with van der Waals surface area (Å²) in [6, 6.07) is 0. The number of halogens is 1. The van der Waals surface area contributed by atoms with Gasteiger partial charge in [0.25, 0.3) is 0 Å². The first kappa shape index (κ1) is 10.4. The Hall–Kier alpha value is 0.313. The third-order valence-corrected chi connectivity index (χ3v) is 9.73. The van der Waals surface area contributed by atoms with Crippen molar-refractivity contribution in [1.29, 1.82) is 0 Å². The maximum absolute atomic E-state index is 6.19. The van der Waals surface area contributed by atoms with Gasteiger partial charge in [-0.25, -0.2) is 0 Å². The summed E-state index contributed by atoms with van der Waals surface area (Å²) in [5.74, 6) is 0. The summed E-state index contributed by atoms with van der Waals surface area (Å²) < 4.78 is 0.308. The molecule has 0 saturated heterocycles. The van der Waals surface area contributed by atoms with Crippen LogP contribution >= 0.6 is 10.0 Å². The van der Waals surface area contributed by atoms with E-state index in [2.05, 4.69) is 34.6 Å². The quantitative estimate of drug-likeness (QED) is 0.622. The minimum absolute atomic E-state index is 0.308. The molecule has 0 aliphatic heterocycles. The summed E-state index contributed by atoms with van der Waals surface area (Å²) in [5.41, 5.74) is 5.99. The normalized spacial score (nSPS) is 23.5. The predicted octanol–water partition coefficient (Wildman–Crippen LogP) is 3.17. The van der Waals surface area contributed by atoms with Crippen molar-refractivity contribution in [3.63, 3.8) is 0 Å². The Morgan fingerprint density at radius 3 is 1.50 bits per heavy atom. The van der Waals surface area contributed by atoms with Crippen LogP contribution in [-0.2, 0) is 0 Å². The molecule has 1 rings (SSSR count). The molecule has 68 valence electrons. The SMILES string of the molecule is CC1=C(C)[C](C)([GeH2][Cl])C(C)=C1C. The predicted molar refractivity (Wildman–Crippen MR) is 59.5 cm³/mol. The molecule has 0 spiro atoms. The van der Waals surface area contributed by atoms with Gasteiger partial charge < -0.3 is 0 Å². The van der Waals surface area contributed by atoms with Crippen LogP contribution in [0.2, 0.25) is 4.25 Å². The van der Waals surface area contributed by atoms with Crippen molar-refractivity contribution >= 4 is 24.5 Å². The summed E-state index contributed by atoms with van der Waals surface area (Å²) in [4.78, 5) is 0. The first-order valence-corrected chi connectivity index (χ1v) is 9.75. The molecule has 0 amide bonds. The van der Waals surface area contributed by atoms with Crippen LogP contribution in [0.3, 0.4) is 0 Å². The van der Waals surface area contributed by atoms with E-state index in [1.807, 2.05) is 0 Å². The molecule has 0 aromatic rings. The first-order chi connectivity index (χ1) is 5.45. The Kier molecular flexibility index (Phi) is 2.79. The van der Waals surface area contributed by atoms with E-state index in [1.165, 1.54) is 22.3 Å². The van der Waals surface area contributed by atoms with Crippen LogP contribution in [0.25, 0.3) is 0 Å². The van der Waals surface area contributed by atoms with Crippen LogP contribution in [0.1, 0.15) is 34.6 Å². The van der Waals surface area contributed by atoms with Crippen LogP contribution in [-0.4, -0.2) is 14.5 Å². The maximum atomic E-state index is 6.19. The molecule has 1 aliphatic rings. The molecule has 0 unspecified atom stereocenters. The second kappa shape index (κ2) is 3.23. The van der Waals surface area contributed by atoms with E-state index in [0.717, 1.165) is 0 Å². The van der Waals surface area contributed by atoms with Gasteiger partial charge in [-0.15, -0.1) is 0 Å². The fourth-order valence-corrected chi connectivity index (χ4v) is 5.91. The Bertz CT molecular complexity index is 250. The molecule has 0 saturated carbocycles. The third-order valence-electron chi connectivity index (χ3n) is 3.61. The average molecular weight is 245 g/mol.